The van der Waals surface area contributed by atoms with E-state index in [9.17, 15) is 4.39 Å². The van der Waals surface area contributed by atoms with Gasteiger partial charge in [-0.25, -0.2) is 4.39 Å². The molecule has 1 aliphatic rings. The molecule has 0 fully saturated rings. The lowest BCUT2D eigenvalue weighted by atomic mass is 10.3. The SMILES string of the molecule is Fc1cc2c(cc1I)NCCCS2. The van der Waals surface area contributed by atoms with Crippen LogP contribution in [0.1, 0.15) is 6.42 Å². The van der Waals surface area contributed by atoms with Crippen molar-refractivity contribution in [1.29, 1.82) is 0 Å². The largest absolute Gasteiger partial charge is 0.384 e. The van der Waals surface area contributed by atoms with E-state index < -0.39 is 0 Å². The van der Waals surface area contributed by atoms with Gasteiger partial charge in [-0.2, -0.15) is 0 Å². The molecule has 70 valence electrons. The van der Waals surface area contributed by atoms with E-state index in [4.69, 9.17) is 0 Å². The Labute approximate surface area is 94.6 Å². The molecule has 1 aromatic rings. The van der Waals surface area contributed by atoms with Crippen LogP contribution >= 0.6 is 34.4 Å². The van der Waals surface area contributed by atoms with E-state index >= 15 is 0 Å². The molecule has 0 bridgehead atoms. The molecular formula is C9H9FINS. The minimum atomic E-state index is -0.115. The highest BCUT2D eigenvalue weighted by atomic mass is 127. The lowest BCUT2D eigenvalue weighted by molar-refractivity contribution is 0.617. The number of nitrogens with one attached hydrogen (secondary N) is 1. The number of halogens is 2. The molecule has 4 heteroatoms. The zero-order chi connectivity index (χ0) is 9.26. The average molecular weight is 309 g/mol. The molecule has 1 heterocycles. The van der Waals surface area contributed by atoms with Gasteiger partial charge in [-0.3, -0.25) is 0 Å². The quantitative estimate of drug-likeness (QED) is 0.738. The maximum Gasteiger partial charge on any atom is 0.137 e. The van der Waals surface area contributed by atoms with Gasteiger partial charge < -0.3 is 5.32 Å². The summed E-state index contributed by atoms with van der Waals surface area (Å²) >= 11 is 3.75. The molecular weight excluding hydrogens is 300 g/mol. The summed E-state index contributed by atoms with van der Waals surface area (Å²) in [5.74, 6) is 0.954. The number of hydrogen-bond acceptors (Lipinski definition) is 2. The zero-order valence-electron chi connectivity index (χ0n) is 6.94. The van der Waals surface area contributed by atoms with Crippen LogP contribution in [-0.4, -0.2) is 12.3 Å². The van der Waals surface area contributed by atoms with Crippen molar-refractivity contribution in [1.82, 2.24) is 0 Å². The summed E-state index contributed by atoms with van der Waals surface area (Å²) in [6, 6.07) is 3.50. The zero-order valence-corrected chi connectivity index (χ0v) is 9.91. The minimum absolute atomic E-state index is 0.115. The Morgan fingerprint density at radius 3 is 3.15 bits per heavy atom. The highest BCUT2D eigenvalue weighted by Crippen LogP contribution is 2.32. The smallest absolute Gasteiger partial charge is 0.137 e. The maximum absolute atomic E-state index is 13.2. The van der Waals surface area contributed by atoms with Crippen LogP contribution < -0.4 is 5.32 Å². The van der Waals surface area contributed by atoms with Gasteiger partial charge in [-0.15, -0.1) is 11.8 Å². The van der Waals surface area contributed by atoms with Crippen LogP contribution in [0.15, 0.2) is 17.0 Å². The van der Waals surface area contributed by atoms with Crippen molar-refractivity contribution in [2.24, 2.45) is 0 Å². The van der Waals surface area contributed by atoms with Crippen LogP contribution in [0.4, 0.5) is 10.1 Å². The Hall–Kier alpha value is 0.0300. The van der Waals surface area contributed by atoms with E-state index in [0.717, 1.165) is 29.3 Å². The molecule has 1 aromatic carbocycles. The normalized spacial score (nSPS) is 15.8. The van der Waals surface area contributed by atoms with Gasteiger partial charge in [0.25, 0.3) is 0 Å². The van der Waals surface area contributed by atoms with E-state index in [0.29, 0.717) is 3.57 Å². The van der Waals surface area contributed by atoms with E-state index in [1.54, 1.807) is 17.8 Å². The fourth-order valence-electron chi connectivity index (χ4n) is 1.26. The first kappa shape index (κ1) is 9.58. The van der Waals surface area contributed by atoms with Crippen LogP contribution in [0.5, 0.6) is 0 Å². The first-order valence-corrected chi connectivity index (χ1v) is 6.19. The van der Waals surface area contributed by atoms with Gasteiger partial charge >= 0.3 is 0 Å². The predicted molar refractivity (Wildman–Crippen MR) is 62.9 cm³/mol. The molecule has 0 unspecified atom stereocenters. The van der Waals surface area contributed by atoms with Crippen LogP contribution in [0, 0.1) is 9.39 Å². The van der Waals surface area contributed by atoms with E-state index in [1.807, 2.05) is 28.7 Å². The lowest BCUT2D eigenvalue weighted by Crippen LogP contribution is -2.00. The molecule has 0 aromatic heterocycles. The molecule has 13 heavy (non-hydrogen) atoms. The number of fused-ring (bicyclic) bond motifs is 1. The van der Waals surface area contributed by atoms with Crippen molar-refractivity contribution in [2.45, 2.75) is 11.3 Å². The van der Waals surface area contributed by atoms with Crippen molar-refractivity contribution in [3.8, 4) is 0 Å². The van der Waals surface area contributed by atoms with Crippen molar-refractivity contribution in [2.75, 3.05) is 17.6 Å². The predicted octanol–water partition coefficient (Wildman–Crippen LogP) is 3.34. The fraction of sp³-hybridized carbons (Fsp3) is 0.333. The van der Waals surface area contributed by atoms with Crippen LogP contribution in [0.2, 0.25) is 0 Å². The fourth-order valence-corrected chi connectivity index (χ4v) is 2.71. The van der Waals surface area contributed by atoms with E-state index in [-0.39, 0.29) is 5.82 Å². The topological polar surface area (TPSA) is 12.0 Å². The minimum Gasteiger partial charge on any atom is -0.384 e. The number of benzene rings is 1. The Morgan fingerprint density at radius 2 is 2.31 bits per heavy atom. The Bertz CT molecular complexity index is 299. The van der Waals surface area contributed by atoms with Gasteiger partial charge in [0.2, 0.25) is 0 Å². The molecule has 0 saturated heterocycles. The van der Waals surface area contributed by atoms with Crippen molar-refractivity contribution >= 4 is 40.0 Å². The van der Waals surface area contributed by atoms with Crippen LogP contribution in [-0.2, 0) is 0 Å². The van der Waals surface area contributed by atoms with E-state index in [1.165, 1.54) is 0 Å². The molecule has 2 rings (SSSR count). The summed E-state index contributed by atoms with van der Waals surface area (Å²) in [5, 5.41) is 3.30. The highest BCUT2D eigenvalue weighted by molar-refractivity contribution is 14.1. The van der Waals surface area contributed by atoms with E-state index in [2.05, 4.69) is 5.32 Å². The van der Waals surface area contributed by atoms with Crippen LogP contribution in [0.25, 0.3) is 0 Å². The molecule has 0 spiro atoms. The number of hydrogen-bond donors (Lipinski definition) is 1. The standard InChI is InChI=1S/C9H9FINS/c10-6-4-9-8(5-7(6)11)12-2-1-3-13-9/h4-5,12H,1-3H2. The first-order chi connectivity index (χ1) is 6.27. The molecule has 0 amide bonds. The molecule has 0 aliphatic carbocycles. The molecule has 0 saturated carbocycles. The molecule has 0 radical (unpaired) electrons. The maximum atomic E-state index is 13.2. The molecule has 0 atom stereocenters. The second-order valence-electron chi connectivity index (χ2n) is 2.89. The summed E-state index contributed by atoms with van der Waals surface area (Å²) in [5.41, 5.74) is 1.08. The second kappa shape index (κ2) is 4.04. The van der Waals surface area contributed by atoms with Crippen LogP contribution in [0.3, 0.4) is 0 Å². The molecule has 1 aliphatic heterocycles. The van der Waals surface area contributed by atoms with Crippen molar-refractivity contribution < 1.29 is 4.39 Å². The number of thioether (sulfide) groups is 1. The second-order valence-corrected chi connectivity index (χ2v) is 5.19. The third kappa shape index (κ3) is 2.10. The van der Waals surface area contributed by atoms with Gasteiger partial charge in [-0.1, -0.05) is 0 Å². The highest BCUT2D eigenvalue weighted by Gasteiger charge is 2.10. The van der Waals surface area contributed by atoms with Crippen molar-refractivity contribution in [3.05, 3.63) is 21.5 Å². The van der Waals surface area contributed by atoms with Gasteiger partial charge in [0.05, 0.1) is 3.57 Å². The summed E-state index contributed by atoms with van der Waals surface area (Å²) in [7, 11) is 0. The van der Waals surface area contributed by atoms with Gasteiger partial charge in [0, 0.05) is 17.1 Å². The third-order valence-corrected chi connectivity index (χ3v) is 3.88. The lowest BCUT2D eigenvalue weighted by Gasteiger charge is -2.07. The van der Waals surface area contributed by atoms with Crippen molar-refractivity contribution in [3.63, 3.8) is 0 Å². The number of rotatable bonds is 0. The Kier molecular flexibility index (Phi) is 2.98. The monoisotopic (exact) mass is 309 g/mol. The summed E-state index contributed by atoms with van der Waals surface area (Å²) in [6.45, 7) is 0.988. The third-order valence-electron chi connectivity index (χ3n) is 1.92. The Balaban J connectivity index is 2.43. The van der Waals surface area contributed by atoms with Gasteiger partial charge in [-0.05, 0) is 46.9 Å². The van der Waals surface area contributed by atoms with Gasteiger partial charge in [0.15, 0.2) is 0 Å². The number of anilines is 1. The molecule has 1 nitrogen and oxygen atoms in total. The summed E-state index contributed by atoms with van der Waals surface area (Å²) < 4.78 is 13.9. The molecule has 1 N–H and O–H groups in total. The summed E-state index contributed by atoms with van der Waals surface area (Å²) in [4.78, 5) is 1.04. The Morgan fingerprint density at radius 1 is 1.46 bits per heavy atom. The first-order valence-electron chi connectivity index (χ1n) is 4.13. The summed E-state index contributed by atoms with van der Waals surface area (Å²) in [6.07, 6.45) is 1.14. The average Bonchev–Trinajstić information content (AvgIpc) is 2.31. The van der Waals surface area contributed by atoms with Gasteiger partial charge in [0.1, 0.15) is 5.82 Å².